The Kier molecular flexibility index (Phi) is 6.85. The highest BCUT2D eigenvalue weighted by Crippen LogP contribution is 2.48. The van der Waals surface area contributed by atoms with Crippen LogP contribution in [0.1, 0.15) is 54.3 Å². The third-order valence-corrected chi connectivity index (χ3v) is 7.40. The molecule has 1 aliphatic carbocycles. The molecular weight excluding hydrogens is 488 g/mol. The first kappa shape index (κ1) is 24.8. The molecule has 37 heavy (non-hydrogen) atoms. The summed E-state index contributed by atoms with van der Waals surface area (Å²) in [5.41, 5.74) is 5.39. The number of para-hydroxylation sites is 2. The predicted octanol–water partition coefficient (Wildman–Crippen LogP) is 6.41. The van der Waals surface area contributed by atoms with E-state index in [2.05, 4.69) is 29.6 Å². The summed E-state index contributed by atoms with van der Waals surface area (Å²) in [5.74, 6) is -1.51. The number of amides is 1. The molecule has 0 bridgehead atoms. The number of hydrogen-bond acceptors (Lipinski definition) is 4. The summed E-state index contributed by atoms with van der Waals surface area (Å²) in [6, 6.07) is 22.0. The lowest BCUT2D eigenvalue weighted by molar-refractivity contribution is -0.138. The Balaban J connectivity index is 1.69. The quantitative estimate of drug-likeness (QED) is 0.410. The molecule has 3 aromatic carbocycles. The highest BCUT2D eigenvalue weighted by Gasteiger charge is 2.42. The maximum absolute atomic E-state index is 13.9. The van der Waals surface area contributed by atoms with Gasteiger partial charge in [0.25, 0.3) is 0 Å². The van der Waals surface area contributed by atoms with Crippen LogP contribution in [-0.4, -0.2) is 22.8 Å². The summed E-state index contributed by atoms with van der Waals surface area (Å²) < 4.78 is 0. The van der Waals surface area contributed by atoms with E-state index < -0.39 is 12.0 Å². The second kappa shape index (κ2) is 10.2. The van der Waals surface area contributed by atoms with E-state index in [1.165, 1.54) is 0 Å². The highest BCUT2D eigenvalue weighted by molar-refractivity contribution is 6.31. The highest BCUT2D eigenvalue weighted by atomic mass is 35.5. The number of carboxylic acids is 1. The molecule has 2 N–H and O–H groups in total. The lowest BCUT2D eigenvalue weighted by Crippen LogP contribution is -2.38. The van der Waals surface area contributed by atoms with Gasteiger partial charge in [0, 0.05) is 29.1 Å². The van der Waals surface area contributed by atoms with Gasteiger partial charge >= 0.3 is 5.97 Å². The number of carboxylic acid groups (broad SMARTS) is 1. The minimum absolute atomic E-state index is 0.00679. The van der Waals surface area contributed by atoms with Crippen LogP contribution in [-0.2, 0) is 14.4 Å². The fourth-order valence-corrected chi connectivity index (χ4v) is 5.50. The lowest BCUT2D eigenvalue weighted by Gasteiger charge is -2.35. The molecule has 6 nitrogen and oxygen atoms in total. The van der Waals surface area contributed by atoms with Gasteiger partial charge in [-0.3, -0.25) is 19.3 Å². The van der Waals surface area contributed by atoms with Crippen molar-refractivity contribution in [3.8, 4) is 0 Å². The molecule has 3 aromatic rings. The first-order chi connectivity index (χ1) is 17.8. The molecule has 2 atom stereocenters. The van der Waals surface area contributed by atoms with Crippen LogP contribution in [0.25, 0.3) is 0 Å². The van der Waals surface area contributed by atoms with Crippen LogP contribution in [0.4, 0.5) is 11.4 Å². The Morgan fingerprint density at radius 2 is 1.68 bits per heavy atom. The molecule has 0 saturated carbocycles. The van der Waals surface area contributed by atoms with Crippen LogP contribution in [0.2, 0.25) is 5.02 Å². The van der Waals surface area contributed by atoms with E-state index in [1.807, 2.05) is 43.3 Å². The second-order valence-corrected chi connectivity index (χ2v) is 9.96. The fourth-order valence-electron chi connectivity index (χ4n) is 5.27. The molecule has 0 unspecified atom stereocenters. The van der Waals surface area contributed by atoms with Crippen LogP contribution in [0.5, 0.6) is 0 Å². The van der Waals surface area contributed by atoms with E-state index in [1.54, 1.807) is 17.0 Å². The van der Waals surface area contributed by atoms with Crippen molar-refractivity contribution < 1.29 is 19.5 Å². The first-order valence-corrected chi connectivity index (χ1v) is 12.7. The minimum atomic E-state index is -1.06. The standard InChI is InChI=1S/C30H27ClN2O4/c1-18-10-12-19(13-11-18)20-16-24-29(26(34)17-20)30(21-6-2-3-7-22(21)31)33(27(35)14-15-28(36)37)25-9-5-4-8-23(25)32-24/h2-13,20,30,32H,14-17H2,1H3,(H,36,37)/t20-,30-/m1/s1. The molecule has 1 heterocycles. The second-order valence-electron chi connectivity index (χ2n) is 9.55. The third kappa shape index (κ3) is 4.89. The number of rotatable bonds is 5. The topological polar surface area (TPSA) is 86.7 Å². The fraction of sp³-hybridized carbons (Fsp3) is 0.233. The van der Waals surface area contributed by atoms with Gasteiger partial charge < -0.3 is 10.4 Å². The Morgan fingerprint density at radius 1 is 0.973 bits per heavy atom. The molecule has 0 radical (unpaired) electrons. The van der Waals surface area contributed by atoms with E-state index in [0.29, 0.717) is 40.4 Å². The van der Waals surface area contributed by atoms with Gasteiger partial charge in [0.15, 0.2) is 5.78 Å². The molecule has 0 spiro atoms. The summed E-state index contributed by atoms with van der Waals surface area (Å²) in [6.07, 6.45) is 0.386. The van der Waals surface area contributed by atoms with E-state index in [0.717, 1.165) is 16.8 Å². The monoisotopic (exact) mass is 514 g/mol. The summed E-state index contributed by atoms with van der Waals surface area (Å²) in [6.45, 7) is 2.03. The van der Waals surface area contributed by atoms with Crippen LogP contribution in [0.3, 0.4) is 0 Å². The molecule has 2 aliphatic rings. The van der Waals surface area contributed by atoms with Crippen molar-refractivity contribution >= 4 is 40.6 Å². The third-order valence-electron chi connectivity index (χ3n) is 7.06. The summed E-state index contributed by atoms with van der Waals surface area (Å²) in [5, 5.41) is 13.2. The maximum Gasteiger partial charge on any atom is 0.303 e. The summed E-state index contributed by atoms with van der Waals surface area (Å²) in [4.78, 5) is 40.5. The van der Waals surface area contributed by atoms with Gasteiger partial charge in [-0.2, -0.15) is 0 Å². The lowest BCUT2D eigenvalue weighted by atomic mass is 9.78. The number of anilines is 2. The van der Waals surface area contributed by atoms with Gasteiger partial charge in [0.1, 0.15) is 0 Å². The number of halogens is 1. The average Bonchev–Trinajstić information content (AvgIpc) is 3.02. The molecule has 188 valence electrons. The van der Waals surface area contributed by atoms with E-state index in [4.69, 9.17) is 11.6 Å². The van der Waals surface area contributed by atoms with Crippen molar-refractivity contribution in [2.45, 2.75) is 44.6 Å². The molecule has 5 rings (SSSR count). The van der Waals surface area contributed by atoms with Crippen molar-refractivity contribution in [1.82, 2.24) is 0 Å². The largest absolute Gasteiger partial charge is 0.481 e. The smallest absolute Gasteiger partial charge is 0.303 e. The van der Waals surface area contributed by atoms with E-state index in [9.17, 15) is 19.5 Å². The molecule has 1 amide bonds. The Hall–Kier alpha value is -3.90. The number of Topliss-reactive ketones (excluding diaryl/α,β-unsaturated/α-hetero) is 1. The number of carbonyl (C=O) groups is 3. The molecule has 7 heteroatoms. The van der Waals surface area contributed by atoms with Crippen LogP contribution < -0.4 is 10.2 Å². The van der Waals surface area contributed by atoms with Crippen LogP contribution >= 0.6 is 11.6 Å². The normalized spacial score (nSPS) is 19.0. The zero-order chi connectivity index (χ0) is 26.1. The number of aryl methyl sites for hydroxylation is 1. The van der Waals surface area contributed by atoms with Gasteiger partial charge in [-0.25, -0.2) is 0 Å². The number of benzene rings is 3. The van der Waals surface area contributed by atoms with E-state index >= 15 is 0 Å². The summed E-state index contributed by atoms with van der Waals surface area (Å²) >= 11 is 6.67. The number of carbonyl (C=O) groups excluding carboxylic acids is 2. The number of aliphatic carboxylic acids is 1. The van der Waals surface area contributed by atoms with Crippen molar-refractivity contribution in [2.75, 3.05) is 10.2 Å². The number of fused-ring (bicyclic) bond motifs is 1. The molecule has 1 aliphatic heterocycles. The van der Waals surface area contributed by atoms with Gasteiger partial charge in [0.05, 0.1) is 23.8 Å². The number of ketones is 1. The Labute approximate surface area is 220 Å². The zero-order valence-corrected chi connectivity index (χ0v) is 21.2. The maximum atomic E-state index is 13.9. The molecule has 0 fully saturated rings. The van der Waals surface area contributed by atoms with Gasteiger partial charge in [-0.1, -0.05) is 71.8 Å². The van der Waals surface area contributed by atoms with Crippen molar-refractivity contribution in [3.05, 3.63) is 106 Å². The van der Waals surface area contributed by atoms with Gasteiger partial charge in [0.2, 0.25) is 5.91 Å². The molecular formula is C30H27ClN2O4. The van der Waals surface area contributed by atoms with Crippen molar-refractivity contribution in [2.24, 2.45) is 0 Å². The Bertz CT molecular complexity index is 1410. The molecule has 0 saturated heterocycles. The van der Waals surface area contributed by atoms with Crippen molar-refractivity contribution in [3.63, 3.8) is 0 Å². The first-order valence-electron chi connectivity index (χ1n) is 12.3. The average molecular weight is 515 g/mol. The minimum Gasteiger partial charge on any atom is -0.481 e. The molecule has 0 aromatic heterocycles. The number of hydrogen-bond donors (Lipinski definition) is 2. The zero-order valence-electron chi connectivity index (χ0n) is 20.4. The Morgan fingerprint density at radius 3 is 2.41 bits per heavy atom. The van der Waals surface area contributed by atoms with E-state index in [-0.39, 0.29) is 30.4 Å². The SMILES string of the molecule is Cc1ccc([C@H]2CC(=O)C3=C(C2)Nc2ccccc2N(C(=O)CCC(=O)O)[C@@H]3c2ccccc2Cl)cc1. The van der Waals surface area contributed by atoms with Gasteiger partial charge in [-0.05, 0) is 48.6 Å². The van der Waals surface area contributed by atoms with Crippen LogP contribution in [0, 0.1) is 6.92 Å². The van der Waals surface area contributed by atoms with Crippen LogP contribution in [0.15, 0.2) is 84.1 Å². The summed E-state index contributed by atoms with van der Waals surface area (Å²) in [7, 11) is 0. The predicted molar refractivity (Wildman–Crippen MR) is 144 cm³/mol. The number of allylic oxidation sites excluding steroid dienone is 1. The number of nitrogens with zero attached hydrogens (tertiary/aromatic N) is 1. The van der Waals surface area contributed by atoms with Crippen molar-refractivity contribution in [1.29, 1.82) is 0 Å². The number of nitrogens with one attached hydrogen (secondary N) is 1. The van der Waals surface area contributed by atoms with Gasteiger partial charge in [-0.15, -0.1) is 0 Å².